The molecule has 0 radical (unpaired) electrons. The molecule has 16 heavy (non-hydrogen) atoms. The van der Waals surface area contributed by atoms with Gasteiger partial charge in [-0.25, -0.2) is 0 Å². The second-order valence-electron chi connectivity index (χ2n) is 4.03. The first kappa shape index (κ1) is 13.5. The minimum Gasteiger partial charge on any atom is -0.347 e. The summed E-state index contributed by atoms with van der Waals surface area (Å²) >= 11 is 7.37. The second kappa shape index (κ2) is 5.66. The van der Waals surface area contributed by atoms with Crippen molar-refractivity contribution < 1.29 is 4.79 Å². The van der Waals surface area contributed by atoms with E-state index in [1.165, 1.54) is 11.3 Å². The number of nitrogens with one attached hydrogen (secondary N) is 1. The number of thiophene rings is 1. The lowest BCUT2D eigenvalue weighted by molar-refractivity contribution is -0.130. The zero-order valence-corrected chi connectivity index (χ0v) is 11.5. The molecule has 0 aliphatic carbocycles. The molecule has 0 fully saturated rings. The fraction of sp³-hybridized carbons (Fsp3) is 0.545. The minimum absolute atomic E-state index is 0.0770. The van der Waals surface area contributed by atoms with Gasteiger partial charge >= 0.3 is 0 Å². The molecular weight excluding hydrogens is 244 g/mol. The number of hydrogen-bond donors (Lipinski definition) is 1. The standard InChI is InChI=1S/C11H17ClN2OS/c1-7(9-5-10(12)16-6-9)13-8(2)11(15)14(3)4/h5-8,13H,1-4H3. The predicted molar refractivity (Wildman–Crippen MR) is 69.0 cm³/mol. The monoisotopic (exact) mass is 260 g/mol. The molecular formula is C11H17ClN2OS. The SMILES string of the molecule is CC(NC(C)c1csc(Cl)c1)C(=O)N(C)C. The van der Waals surface area contributed by atoms with Crippen LogP contribution in [0, 0.1) is 0 Å². The number of nitrogens with zero attached hydrogens (tertiary/aromatic N) is 1. The van der Waals surface area contributed by atoms with E-state index in [0.717, 1.165) is 9.90 Å². The molecule has 1 heterocycles. The van der Waals surface area contributed by atoms with E-state index in [2.05, 4.69) is 5.32 Å². The third kappa shape index (κ3) is 3.47. The molecule has 1 aromatic rings. The van der Waals surface area contributed by atoms with Crippen molar-refractivity contribution in [3.8, 4) is 0 Å². The molecule has 3 nitrogen and oxygen atoms in total. The van der Waals surface area contributed by atoms with Crippen molar-refractivity contribution in [3.63, 3.8) is 0 Å². The average Bonchev–Trinajstić information content (AvgIpc) is 2.63. The Morgan fingerprint density at radius 1 is 1.50 bits per heavy atom. The molecule has 0 aromatic carbocycles. The Balaban J connectivity index is 2.58. The topological polar surface area (TPSA) is 32.3 Å². The molecule has 1 rings (SSSR count). The van der Waals surface area contributed by atoms with Crippen molar-refractivity contribution in [3.05, 3.63) is 21.3 Å². The molecule has 1 N–H and O–H groups in total. The summed E-state index contributed by atoms with van der Waals surface area (Å²) in [6.07, 6.45) is 0. The number of halogens is 1. The van der Waals surface area contributed by atoms with Gasteiger partial charge in [0.2, 0.25) is 5.91 Å². The lowest BCUT2D eigenvalue weighted by Crippen LogP contribution is -2.42. The number of rotatable bonds is 4. The van der Waals surface area contributed by atoms with Gasteiger partial charge in [0.15, 0.2) is 0 Å². The maximum atomic E-state index is 11.7. The van der Waals surface area contributed by atoms with Gasteiger partial charge in [0.05, 0.1) is 10.4 Å². The summed E-state index contributed by atoms with van der Waals surface area (Å²) in [4.78, 5) is 13.2. The van der Waals surface area contributed by atoms with Gasteiger partial charge in [-0.1, -0.05) is 11.6 Å². The van der Waals surface area contributed by atoms with E-state index < -0.39 is 0 Å². The summed E-state index contributed by atoms with van der Waals surface area (Å²) in [7, 11) is 3.51. The molecule has 0 bridgehead atoms. The van der Waals surface area contributed by atoms with Crippen LogP contribution in [0.25, 0.3) is 0 Å². The lowest BCUT2D eigenvalue weighted by Gasteiger charge is -2.21. The van der Waals surface area contributed by atoms with Gasteiger partial charge in [-0.3, -0.25) is 10.1 Å². The summed E-state index contributed by atoms with van der Waals surface area (Å²) in [6.45, 7) is 3.89. The van der Waals surface area contributed by atoms with E-state index in [1.54, 1.807) is 19.0 Å². The first-order chi connectivity index (χ1) is 7.41. The largest absolute Gasteiger partial charge is 0.347 e. The van der Waals surface area contributed by atoms with Gasteiger partial charge in [-0.15, -0.1) is 11.3 Å². The molecule has 2 atom stereocenters. The van der Waals surface area contributed by atoms with Crippen LogP contribution < -0.4 is 5.32 Å². The maximum Gasteiger partial charge on any atom is 0.238 e. The second-order valence-corrected chi connectivity index (χ2v) is 5.57. The Morgan fingerprint density at radius 3 is 2.56 bits per heavy atom. The molecule has 2 unspecified atom stereocenters. The van der Waals surface area contributed by atoms with Crippen LogP contribution in [-0.2, 0) is 4.79 Å². The van der Waals surface area contributed by atoms with E-state index in [9.17, 15) is 4.79 Å². The molecule has 0 aliphatic heterocycles. The lowest BCUT2D eigenvalue weighted by atomic mass is 10.1. The third-order valence-corrected chi connectivity index (χ3v) is 3.51. The summed E-state index contributed by atoms with van der Waals surface area (Å²) in [6, 6.07) is 1.86. The first-order valence-electron chi connectivity index (χ1n) is 5.13. The van der Waals surface area contributed by atoms with Crippen molar-refractivity contribution in [1.29, 1.82) is 0 Å². The Labute approximate surface area is 105 Å². The van der Waals surface area contributed by atoms with Crippen LogP contribution in [0.5, 0.6) is 0 Å². The predicted octanol–water partition coefficient (Wildman–Crippen LogP) is 2.53. The number of carbonyl (C=O) groups excluding carboxylic acids is 1. The van der Waals surface area contributed by atoms with Crippen molar-refractivity contribution >= 4 is 28.8 Å². The number of hydrogen-bond acceptors (Lipinski definition) is 3. The maximum absolute atomic E-state index is 11.7. The highest BCUT2D eigenvalue weighted by Crippen LogP contribution is 2.24. The number of carbonyl (C=O) groups is 1. The van der Waals surface area contributed by atoms with Crippen molar-refractivity contribution in [1.82, 2.24) is 10.2 Å². The fourth-order valence-electron chi connectivity index (χ4n) is 1.48. The van der Waals surface area contributed by atoms with E-state index in [1.807, 2.05) is 25.3 Å². The highest BCUT2D eigenvalue weighted by Gasteiger charge is 2.18. The molecule has 1 aromatic heterocycles. The van der Waals surface area contributed by atoms with Gasteiger partial charge in [0.1, 0.15) is 0 Å². The van der Waals surface area contributed by atoms with E-state index in [-0.39, 0.29) is 18.0 Å². The minimum atomic E-state index is -0.191. The van der Waals surface area contributed by atoms with Gasteiger partial charge in [0.25, 0.3) is 0 Å². The van der Waals surface area contributed by atoms with Gasteiger partial charge < -0.3 is 4.90 Å². The van der Waals surface area contributed by atoms with E-state index >= 15 is 0 Å². The van der Waals surface area contributed by atoms with Crippen LogP contribution in [0.2, 0.25) is 4.34 Å². The number of likely N-dealkylation sites (N-methyl/N-ethyl adjacent to an activating group) is 1. The van der Waals surface area contributed by atoms with Gasteiger partial charge in [-0.05, 0) is 30.9 Å². The summed E-state index contributed by atoms with van der Waals surface area (Å²) in [5, 5.41) is 5.25. The van der Waals surface area contributed by atoms with Crippen LogP contribution in [0.4, 0.5) is 0 Å². The quantitative estimate of drug-likeness (QED) is 0.902. The zero-order valence-electron chi connectivity index (χ0n) is 9.95. The van der Waals surface area contributed by atoms with Crippen LogP contribution in [0.3, 0.4) is 0 Å². The average molecular weight is 261 g/mol. The fourth-order valence-corrected chi connectivity index (χ4v) is 2.46. The smallest absolute Gasteiger partial charge is 0.238 e. The van der Waals surface area contributed by atoms with Crippen LogP contribution in [-0.4, -0.2) is 30.9 Å². The summed E-state index contributed by atoms with van der Waals surface area (Å²) in [5.41, 5.74) is 1.12. The summed E-state index contributed by atoms with van der Waals surface area (Å²) < 4.78 is 0.773. The highest BCUT2D eigenvalue weighted by atomic mass is 35.5. The van der Waals surface area contributed by atoms with Crippen LogP contribution in [0.1, 0.15) is 25.5 Å². The molecule has 1 amide bonds. The molecule has 0 saturated heterocycles. The van der Waals surface area contributed by atoms with Crippen LogP contribution >= 0.6 is 22.9 Å². The molecule has 90 valence electrons. The Hall–Kier alpha value is -0.580. The van der Waals surface area contributed by atoms with Gasteiger partial charge in [0, 0.05) is 20.1 Å². The Kier molecular flexibility index (Phi) is 4.77. The molecule has 0 aliphatic rings. The molecule has 0 spiro atoms. The van der Waals surface area contributed by atoms with Crippen molar-refractivity contribution in [2.75, 3.05) is 14.1 Å². The first-order valence-corrected chi connectivity index (χ1v) is 6.38. The van der Waals surface area contributed by atoms with E-state index in [4.69, 9.17) is 11.6 Å². The van der Waals surface area contributed by atoms with Crippen LogP contribution in [0.15, 0.2) is 11.4 Å². The Bertz CT molecular complexity index is 365. The normalized spacial score (nSPS) is 14.6. The van der Waals surface area contributed by atoms with Crippen molar-refractivity contribution in [2.45, 2.75) is 25.9 Å². The van der Waals surface area contributed by atoms with Gasteiger partial charge in [-0.2, -0.15) is 0 Å². The van der Waals surface area contributed by atoms with Crippen molar-refractivity contribution in [2.24, 2.45) is 0 Å². The molecule has 5 heteroatoms. The summed E-state index contributed by atoms with van der Waals surface area (Å²) in [5.74, 6) is 0.0770. The highest BCUT2D eigenvalue weighted by molar-refractivity contribution is 7.14. The molecule has 0 saturated carbocycles. The van der Waals surface area contributed by atoms with E-state index in [0.29, 0.717) is 0 Å². The number of amides is 1. The third-order valence-electron chi connectivity index (χ3n) is 2.40. The Morgan fingerprint density at radius 2 is 2.12 bits per heavy atom. The zero-order chi connectivity index (χ0) is 12.3.